The monoisotopic (exact) mass is 860 g/mol. The van der Waals surface area contributed by atoms with E-state index in [0.29, 0.717) is 19.3 Å². The molecule has 3 N–H and O–H groups in total. The van der Waals surface area contributed by atoms with Crippen LogP contribution >= 0.6 is 0 Å². The van der Waals surface area contributed by atoms with Crippen LogP contribution in [0.25, 0.3) is 0 Å². The molecule has 1 amide bonds. The molecule has 0 aliphatic rings. The Hall–Kier alpha value is -1.66. The topological polar surface area (TPSA) is 95.9 Å². The molecule has 0 fully saturated rings. The summed E-state index contributed by atoms with van der Waals surface area (Å²) in [5.41, 5.74) is 0. The molecule has 0 aliphatic heterocycles. The molecule has 0 aliphatic carbocycles. The second-order valence-electron chi connectivity index (χ2n) is 18.7. The van der Waals surface area contributed by atoms with E-state index in [1.54, 1.807) is 0 Å². The van der Waals surface area contributed by atoms with Gasteiger partial charge in [-0.15, -0.1) is 0 Å². The third kappa shape index (κ3) is 44.7. The molecule has 0 radical (unpaired) electrons. The van der Waals surface area contributed by atoms with Crippen molar-refractivity contribution in [1.29, 1.82) is 0 Å². The number of amides is 1. The van der Waals surface area contributed by atoms with Gasteiger partial charge in [-0.25, -0.2) is 0 Å². The van der Waals surface area contributed by atoms with E-state index in [9.17, 15) is 19.8 Å². The minimum Gasteiger partial charge on any atom is -0.462 e. The molecule has 3 atom stereocenters. The van der Waals surface area contributed by atoms with Crippen LogP contribution in [0.15, 0.2) is 24.3 Å². The fourth-order valence-electron chi connectivity index (χ4n) is 8.43. The van der Waals surface area contributed by atoms with Crippen LogP contribution in [-0.2, 0) is 14.3 Å². The summed E-state index contributed by atoms with van der Waals surface area (Å²) >= 11 is 0. The molecule has 0 spiro atoms. The quantitative estimate of drug-likeness (QED) is 0.0322. The molecule has 0 heterocycles. The Morgan fingerprint density at radius 1 is 0.475 bits per heavy atom. The number of ether oxygens (including phenoxy) is 1. The second-order valence-corrected chi connectivity index (χ2v) is 18.7. The zero-order chi connectivity index (χ0) is 44.5. The number of rotatable bonds is 49. The van der Waals surface area contributed by atoms with E-state index in [1.165, 1.54) is 186 Å². The number of aliphatic hydroxyl groups excluding tert-OH is 2. The van der Waals surface area contributed by atoms with Crippen LogP contribution < -0.4 is 5.32 Å². The van der Waals surface area contributed by atoms with Crippen molar-refractivity contribution >= 4 is 11.9 Å². The maximum Gasteiger partial charge on any atom is 0.306 e. The van der Waals surface area contributed by atoms with Crippen LogP contribution in [0.3, 0.4) is 0 Å². The summed E-state index contributed by atoms with van der Waals surface area (Å²) in [6.45, 7) is 6.49. The zero-order valence-corrected chi connectivity index (χ0v) is 41.1. The van der Waals surface area contributed by atoms with Crippen molar-refractivity contribution in [3.8, 4) is 0 Å². The number of unbranched alkanes of at least 4 members (excludes halogenated alkanes) is 34. The highest BCUT2D eigenvalue weighted by molar-refractivity contribution is 5.77. The van der Waals surface area contributed by atoms with Gasteiger partial charge in [-0.3, -0.25) is 9.59 Å². The number of carbonyl (C=O) groups excluding carboxylic acids is 2. The molecule has 3 unspecified atom stereocenters. The van der Waals surface area contributed by atoms with E-state index >= 15 is 0 Å². The largest absolute Gasteiger partial charge is 0.462 e. The molecule has 360 valence electrons. The normalized spacial score (nSPS) is 13.3. The average molecular weight is 860 g/mol. The average Bonchev–Trinajstić information content (AvgIpc) is 3.25. The molecule has 0 rings (SSSR count). The van der Waals surface area contributed by atoms with Gasteiger partial charge in [-0.1, -0.05) is 257 Å². The first kappa shape index (κ1) is 59.3. The fourth-order valence-corrected chi connectivity index (χ4v) is 8.43. The highest BCUT2D eigenvalue weighted by atomic mass is 16.5. The van der Waals surface area contributed by atoms with E-state index in [4.69, 9.17) is 4.74 Å². The summed E-state index contributed by atoms with van der Waals surface area (Å²) < 4.78 is 5.92. The SMILES string of the molecule is CCCCCCCCC/C=C/C=C/CCCC(CC(=O)NC(CO)C(O)CCCCCCCCCCCCCC)OC(=O)CCCCCCCCCCCCCCCCCC. The molecule has 0 bridgehead atoms. The summed E-state index contributed by atoms with van der Waals surface area (Å²) in [5.74, 6) is -0.505. The van der Waals surface area contributed by atoms with Gasteiger partial charge < -0.3 is 20.3 Å². The first-order chi connectivity index (χ1) is 30.0. The van der Waals surface area contributed by atoms with Gasteiger partial charge in [0.2, 0.25) is 5.91 Å². The van der Waals surface area contributed by atoms with Crippen molar-refractivity contribution in [2.75, 3.05) is 6.61 Å². The summed E-state index contributed by atoms with van der Waals surface area (Å²) in [6, 6.07) is -0.711. The first-order valence-corrected chi connectivity index (χ1v) is 27.1. The van der Waals surface area contributed by atoms with Crippen LogP contribution in [0, 0.1) is 0 Å². The van der Waals surface area contributed by atoms with E-state index in [0.717, 1.165) is 57.8 Å². The highest BCUT2D eigenvalue weighted by Gasteiger charge is 2.24. The number of hydrogen-bond acceptors (Lipinski definition) is 5. The van der Waals surface area contributed by atoms with Crippen molar-refractivity contribution in [3.05, 3.63) is 24.3 Å². The number of nitrogens with one attached hydrogen (secondary N) is 1. The number of esters is 1. The van der Waals surface area contributed by atoms with Gasteiger partial charge >= 0.3 is 5.97 Å². The van der Waals surface area contributed by atoms with E-state index in [-0.39, 0.29) is 24.9 Å². The van der Waals surface area contributed by atoms with Gasteiger partial charge in [-0.05, 0) is 44.9 Å². The highest BCUT2D eigenvalue weighted by Crippen LogP contribution is 2.18. The predicted molar refractivity (Wildman–Crippen MR) is 264 cm³/mol. The van der Waals surface area contributed by atoms with Crippen LogP contribution in [0.1, 0.15) is 290 Å². The third-order valence-corrected chi connectivity index (χ3v) is 12.6. The molecule has 0 saturated carbocycles. The molecule has 0 aromatic heterocycles. The lowest BCUT2D eigenvalue weighted by Crippen LogP contribution is -2.46. The molecular formula is C55H105NO5. The Kier molecular flexibility index (Phi) is 48.0. The number of aliphatic hydroxyl groups is 2. The minimum absolute atomic E-state index is 0.0502. The van der Waals surface area contributed by atoms with Crippen molar-refractivity contribution < 1.29 is 24.5 Å². The van der Waals surface area contributed by atoms with Crippen molar-refractivity contribution in [3.63, 3.8) is 0 Å². The van der Waals surface area contributed by atoms with Gasteiger partial charge in [0.25, 0.3) is 0 Å². The van der Waals surface area contributed by atoms with Crippen molar-refractivity contribution in [1.82, 2.24) is 5.32 Å². The van der Waals surface area contributed by atoms with Gasteiger partial charge in [0.15, 0.2) is 0 Å². The lowest BCUT2D eigenvalue weighted by Gasteiger charge is -2.24. The number of carbonyl (C=O) groups is 2. The standard InChI is InChI=1S/C55H105NO5/c1-4-7-10-13-16-19-22-25-27-28-30-33-36-39-42-45-48-55(60)61-51(46-43-40-37-34-31-29-26-23-20-17-14-11-8-5-2)49-54(59)56-52(50-57)53(58)47-44-41-38-35-32-24-21-18-15-12-9-6-3/h29,31,34,37,51-53,57-58H,4-28,30,32-33,35-36,38-50H2,1-3H3,(H,56,59)/b31-29+,37-34+. The minimum atomic E-state index is -0.794. The van der Waals surface area contributed by atoms with E-state index < -0.39 is 18.2 Å². The first-order valence-electron chi connectivity index (χ1n) is 27.1. The fraction of sp³-hybridized carbons (Fsp3) is 0.891. The second kappa shape index (κ2) is 49.4. The Morgan fingerprint density at radius 3 is 1.25 bits per heavy atom. The van der Waals surface area contributed by atoms with Gasteiger partial charge in [0.1, 0.15) is 6.10 Å². The van der Waals surface area contributed by atoms with Crippen LogP contribution in [-0.4, -0.2) is 46.9 Å². The maximum absolute atomic E-state index is 13.2. The third-order valence-electron chi connectivity index (χ3n) is 12.6. The molecule has 0 aromatic carbocycles. The van der Waals surface area contributed by atoms with Crippen LogP contribution in [0.2, 0.25) is 0 Å². The molecule has 61 heavy (non-hydrogen) atoms. The molecule has 0 aromatic rings. The number of hydrogen-bond donors (Lipinski definition) is 3. The Bertz CT molecular complexity index is 966. The predicted octanol–water partition coefficient (Wildman–Crippen LogP) is 16.3. The smallest absolute Gasteiger partial charge is 0.306 e. The Balaban J connectivity index is 4.59. The Labute approximate surface area is 380 Å². The lowest BCUT2D eigenvalue weighted by molar-refractivity contribution is -0.151. The van der Waals surface area contributed by atoms with Crippen molar-refractivity contribution in [2.24, 2.45) is 0 Å². The molecule has 6 heteroatoms. The zero-order valence-electron chi connectivity index (χ0n) is 41.1. The lowest BCUT2D eigenvalue weighted by atomic mass is 10.0. The van der Waals surface area contributed by atoms with Gasteiger partial charge in [0.05, 0.1) is 25.2 Å². The summed E-state index contributed by atoms with van der Waals surface area (Å²) in [7, 11) is 0. The summed E-state index contributed by atoms with van der Waals surface area (Å²) in [4.78, 5) is 26.2. The maximum atomic E-state index is 13.2. The molecule has 6 nitrogen and oxygen atoms in total. The molecule has 0 saturated heterocycles. The summed E-state index contributed by atoms with van der Waals surface area (Å²) in [5, 5.41) is 23.8. The van der Waals surface area contributed by atoms with E-state index in [2.05, 4.69) is 50.4 Å². The van der Waals surface area contributed by atoms with Crippen LogP contribution in [0.4, 0.5) is 0 Å². The van der Waals surface area contributed by atoms with Crippen molar-refractivity contribution in [2.45, 2.75) is 309 Å². The van der Waals surface area contributed by atoms with Crippen LogP contribution in [0.5, 0.6) is 0 Å². The van der Waals surface area contributed by atoms with Gasteiger partial charge in [0, 0.05) is 6.42 Å². The molecular weight excluding hydrogens is 755 g/mol. The van der Waals surface area contributed by atoms with Gasteiger partial charge in [-0.2, -0.15) is 0 Å². The number of allylic oxidation sites excluding steroid dienone is 4. The summed E-state index contributed by atoms with van der Waals surface area (Å²) in [6.07, 6.45) is 56.7. The Morgan fingerprint density at radius 2 is 0.836 bits per heavy atom. The van der Waals surface area contributed by atoms with E-state index in [1.807, 2.05) is 0 Å².